The molecule has 0 aliphatic carbocycles. The summed E-state index contributed by atoms with van der Waals surface area (Å²) in [6.45, 7) is 2.63. The van der Waals surface area contributed by atoms with Crippen LogP contribution in [-0.2, 0) is 11.3 Å². The molecule has 21 heavy (non-hydrogen) atoms. The highest BCUT2D eigenvalue weighted by Gasteiger charge is 2.17. The van der Waals surface area contributed by atoms with Gasteiger partial charge < -0.3 is 10.1 Å². The molecule has 2 aromatic rings. The summed E-state index contributed by atoms with van der Waals surface area (Å²) < 4.78 is 20.0. The molecule has 1 heterocycles. The third-order valence-electron chi connectivity index (χ3n) is 2.91. The lowest BCUT2D eigenvalue weighted by molar-refractivity contribution is -0.384. The van der Waals surface area contributed by atoms with E-state index in [1.165, 1.54) is 12.3 Å². The van der Waals surface area contributed by atoms with Crippen molar-refractivity contribution >= 4 is 17.1 Å². The summed E-state index contributed by atoms with van der Waals surface area (Å²) in [6, 6.07) is 2.31. The monoisotopic (exact) mass is 294 g/mol. The second kappa shape index (κ2) is 6.31. The standard InChI is InChI=1S/C13H15FN4O3/c1-9-5-12(13(18(19)20)6-11(9)14)16-10-7-15-17(8-10)3-4-21-2/h5-8,16H,3-4H2,1-2H3. The van der Waals surface area contributed by atoms with Crippen LogP contribution in [0.4, 0.5) is 21.5 Å². The molecule has 0 saturated heterocycles. The van der Waals surface area contributed by atoms with E-state index in [1.54, 1.807) is 24.9 Å². The van der Waals surface area contributed by atoms with Crippen LogP contribution in [-0.4, -0.2) is 28.4 Å². The Bertz CT molecular complexity index is 657. The first kappa shape index (κ1) is 14.9. The van der Waals surface area contributed by atoms with Crippen molar-refractivity contribution in [3.8, 4) is 0 Å². The molecule has 2 rings (SSSR count). The Morgan fingerprint density at radius 2 is 2.29 bits per heavy atom. The lowest BCUT2D eigenvalue weighted by Crippen LogP contribution is -2.04. The number of benzene rings is 1. The topological polar surface area (TPSA) is 82.2 Å². The summed E-state index contributed by atoms with van der Waals surface area (Å²) in [7, 11) is 1.59. The third-order valence-corrected chi connectivity index (χ3v) is 2.91. The Hall–Kier alpha value is -2.48. The molecule has 0 fully saturated rings. The van der Waals surface area contributed by atoms with Crippen molar-refractivity contribution in [2.45, 2.75) is 13.5 Å². The van der Waals surface area contributed by atoms with Gasteiger partial charge in [-0.05, 0) is 18.6 Å². The molecule has 0 aliphatic heterocycles. The average Bonchev–Trinajstić information content (AvgIpc) is 2.87. The summed E-state index contributed by atoms with van der Waals surface area (Å²) in [6.07, 6.45) is 3.24. The predicted octanol–water partition coefficient (Wildman–Crippen LogP) is 2.63. The molecule has 0 amide bonds. The molecule has 0 bridgehead atoms. The lowest BCUT2D eigenvalue weighted by atomic mass is 10.1. The highest BCUT2D eigenvalue weighted by molar-refractivity contribution is 5.69. The minimum atomic E-state index is -0.625. The molecule has 7 nitrogen and oxygen atoms in total. The minimum Gasteiger partial charge on any atom is -0.383 e. The first-order valence-corrected chi connectivity index (χ1v) is 6.24. The number of halogens is 1. The van der Waals surface area contributed by atoms with Gasteiger partial charge >= 0.3 is 0 Å². The fourth-order valence-corrected chi connectivity index (χ4v) is 1.81. The molecule has 0 saturated carbocycles. The van der Waals surface area contributed by atoms with Crippen molar-refractivity contribution in [3.05, 3.63) is 46.0 Å². The fraction of sp³-hybridized carbons (Fsp3) is 0.308. The van der Waals surface area contributed by atoms with Gasteiger partial charge in [0.05, 0.1) is 36.0 Å². The predicted molar refractivity (Wildman–Crippen MR) is 75.2 cm³/mol. The molecular weight excluding hydrogens is 279 g/mol. The molecule has 1 N–H and O–H groups in total. The normalized spacial score (nSPS) is 10.6. The number of nitro benzene ring substituents is 1. The van der Waals surface area contributed by atoms with E-state index in [-0.39, 0.29) is 11.4 Å². The van der Waals surface area contributed by atoms with E-state index in [2.05, 4.69) is 10.4 Å². The molecule has 1 aromatic carbocycles. The van der Waals surface area contributed by atoms with Crippen LogP contribution in [0.25, 0.3) is 0 Å². The van der Waals surface area contributed by atoms with E-state index in [0.717, 1.165) is 6.07 Å². The summed E-state index contributed by atoms with van der Waals surface area (Å²) in [4.78, 5) is 10.4. The van der Waals surface area contributed by atoms with Gasteiger partial charge in [-0.25, -0.2) is 4.39 Å². The van der Waals surface area contributed by atoms with Crippen LogP contribution in [0, 0.1) is 22.9 Å². The number of nitro groups is 1. The fourth-order valence-electron chi connectivity index (χ4n) is 1.81. The van der Waals surface area contributed by atoms with E-state index in [9.17, 15) is 14.5 Å². The van der Waals surface area contributed by atoms with Gasteiger partial charge in [0.25, 0.3) is 5.69 Å². The number of hydrogen-bond donors (Lipinski definition) is 1. The molecule has 112 valence electrons. The van der Waals surface area contributed by atoms with Crippen LogP contribution in [0.15, 0.2) is 24.5 Å². The highest BCUT2D eigenvalue weighted by atomic mass is 19.1. The van der Waals surface area contributed by atoms with E-state index in [0.29, 0.717) is 24.4 Å². The van der Waals surface area contributed by atoms with Crippen LogP contribution in [0.5, 0.6) is 0 Å². The minimum absolute atomic E-state index is 0.227. The van der Waals surface area contributed by atoms with Crippen LogP contribution in [0.2, 0.25) is 0 Å². The maximum Gasteiger partial charge on any atom is 0.295 e. The molecule has 0 aliphatic rings. The van der Waals surface area contributed by atoms with Gasteiger partial charge in [0.15, 0.2) is 0 Å². The summed E-state index contributed by atoms with van der Waals surface area (Å²) in [5, 5.41) is 18.0. The molecule has 0 spiro atoms. The van der Waals surface area contributed by atoms with Gasteiger partial charge in [-0.1, -0.05) is 0 Å². The summed E-state index contributed by atoms with van der Waals surface area (Å²) in [5.74, 6) is -0.608. The van der Waals surface area contributed by atoms with Crippen LogP contribution in [0.3, 0.4) is 0 Å². The number of hydrogen-bond acceptors (Lipinski definition) is 5. The number of anilines is 2. The molecular formula is C13H15FN4O3. The van der Waals surface area contributed by atoms with E-state index in [1.807, 2.05) is 0 Å². The van der Waals surface area contributed by atoms with Crippen molar-refractivity contribution in [1.29, 1.82) is 0 Å². The van der Waals surface area contributed by atoms with E-state index in [4.69, 9.17) is 4.74 Å². The van der Waals surface area contributed by atoms with Gasteiger partial charge in [0.1, 0.15) is 11.5 Å². The smallest absolute Gasteiger partial charge is 0.295 e. The van der Waals surface area contributed by atoms with Gasteiger partial charge in [-0.2, -0.15) is 5.10 Å². The Labute approximate surface area is 120 Å². The Balaban J connectivity index is 2.24. The number of nitrogens with zero attached hydrogens (tertiary/aromatic N) is 3. The van der Waals surface area contributed by atoms with E-state index < -0.39 is 10.7 Å². The van der Waals surface area contributed by atoms with Gasteiger partial charge in [-0.15, -0.1) is 0 Å². The number of ether oxygens (including phenoxy) is 1. The number of rotatable bonds is 6. The van der Waals surface area contributed by atoms with Crippen LogP contribution >= 0.6 is 0 Å². The SMILES string of the molecule is COCCn1cc(Nc2cc(C)c(F)cc2[N+](=O)[O-])cn1. The highest BCUT2D eigenvalue weighted by Crippen LogP contribution is 2.30. The molecule has 0 unspecified atom stereocenters. The molecule has 1 aromatic heterocycles. The van der Waals surface area contributed by atoms with Gasteiger partial charge in [0, 0.05) is 13.3 Å². The first-order chi connectivity index (χ1) is 10.0. The van der Waals surface area contributed by atoms with Gasteiger partial charge in [-0.3, -0.25) is 14.8 Å². The number of aryl methyl sites for hydroxylation is 1. The maximum atomic E-state index is 13.4. The van der Waals surface area contributed by atoms with E-state index >= 15 is 0 Å². The van der Waals surface area contributed by atoms with Crippen LogP contribution < -0.4 is 5.32 Å². The quantitative estimate of drug-likeness (QED) is 0.654. The first-order valence-electron chi connectivity index (χ1n) is 6.24. The van der Waals surface area contributed by atoms with Crippen molar-refractivity contribution < 1.29 is 14.1 Å². The molecule has 0 atom stereocenters. The molecule has 0 radical (unpaired) electrons. The number of methoxy groups -OCH3 is 1. The third kappa shape index (κ3) is 3.54. The number of aromatic nitrogens is 2. The Morgan fingerprint density at radius 3 is 2.95 bits per heavy atom. The zero-order valence-electron chi connectivity index (χ0n) is 11.7. The average molecular weight is 294 g/mol. The second-order valence-corrected chi connectivity index (χ2v) is 4.49. The lowest BCUT2D eigenvalue weighted by Gasteiger charge is -2.06. The molecule has 8 heteroatoms. The summed E-state index contributed by atoms with van der Waals surface area (Å²) >= 11 is 0. The van der Waals surface area contributed by atoms with Gasteiger partial charge in [0.2, 0.25) is 0 Å². The maximum absolute atomic E-state index is 13.4. The Kier molecular flexibility index (Phi) is 4.49. The Morgan fingerprint density at radius 1 is 1.52 bits per heavy atom. The zero-order valence-corrected chi connectivity index (χ0v) is 11.7. The summed E-state index contributed by atoms with van der Waals surface area (Å²) in [5.41, 5.74) is 0.822. The number of nitrogens with one attached hydrogen (secondary N) is 1. The van der Waals surface area contributed by atoms with Crippen molar-refractivity contribution in [2.75, 3.05) is 19.0 Å². The van der Waals surface area contributed by atoms with Crippen molar-refractivity contribution in [1.82, 2.24) is 9.78 Å². The van der Waals surface area contributed by atoms with Crippen molar-refractivity contribution in [3.63, 3.8) is 0 Å². The largest absolute Gasteiger partial charge is 0.383 e. The second-order valence-electron chi connectivity index (χ2n) is 4.49. The zero-order chi connectivity index (χ0) is 15.4. The van der Waals surface area contributed by atoms with Crippen molar-refractivity contribution in [2.24, 2.45) is 0 Å². The van der Waals surface area contributed by atoms with Crippen LogP contribution in [0.1, 0.15) is 5.56 Å².